The monoisotopic (exact) mass is 311 g/mol. The van der Waals surface area contributed by atoms with Crippen LogP contribution in [0.3, 0.4) is 0 Å². The molecule has 2 N–H and O–H groups in total. The Morgan fingerprint density at radius 1 is 1.29 bits per heavy atom. The highest BCUT2D eigenvalue weighted by molar-refractivity contribution is 7.89. The molecular formula is C15H25N3O2S. The van der Waals surface area contributed by atoms with Gasteiger partial charge in [-0.1, -0.05) is 30.3 Å². The quantitative estimate of drug-likeness (QED) is 0.781. The number of sulfonamides is 1. The fraction of sp³-hybridized carbons (Fsp3) is 0.600. The van der Waals surface area contributed by atoms with E-state index >= 15 is 0 Å². The van der Waals surface area contributed by atoms with Crippen LogP contribution >= 0.6 is 0 Å². The second kappa shape index (κ2) is 7.89. The Bertz CT molecular complexity index is 519. The van der Waals surface area contributed by atoms with Crippen LogP contribution in [0.15, 0.2) is 30.3 Å². The Morgan fingerprint density at radius 2 is 2.05 bits per heavy atom. The highest BCUT2D eigenvalue weighted by Crippen LogP contribution is 2.14. The van der Waals surface area contributed by atoms with Crippen LogP contribution in [-0.4, -0.2) is 51.8 Å². The van der Waals surface area contributed by atoms with Gasteiger partial charge >= 0.3 is 0 Å². The predicted molar refractivity (Wildman–Crippen MR) is 85.6 cm³/mol. The SMILES string of the molecule is CNCCS(=O)(=O)NC1CCCN(Cc2ccccc2)C1. The second-order valence-corrected chi connectivity index (χ2v) is 7.47. The van der Waals surface area contributed by atoms with Crippen molar-refractivity contribution < 1.29 is 8.42 Å². The van der Waals surface area contributed by atoms with Gasteiger partial charge in [-0.25, -0.2) is 13.1 Å². The van der Waals surface area contributed by atoms with Crippen molar-refractivity contribution in [1.29, 1.82) is 0 Å². The highest BCUT2D eigenvalue weighted by Gasteiger charge is 2.23. The molecule has 0 radical (unpaired) electrons. The molecule has 5 nitrogen and oxygen atoms in total. The minimum Gasteiger partial charge on any atom is -0.319 e. The van der Waals surface area contributed by atoms with Gasteiger partial charge in [-0.3, -0.25) is 4.90 Å². The summed E-state index contributed by atoms with van der Waals surface area (Å²) in [5.74, 6) is 0.138. The molecule has 118 valence electrons. The largest absolute Gasteiger partial charge is 0.319 e. The number of likely N-dealkylation sites (tertiary alicyclic amines) is 1. The van der Waals surface area contributed by atoms with Crippen LogP contribution < -0.4 is 10.0 Å². The minimum atomic E-state index is -3.18. The molecule has 6 heteroatoms. The fourth-order valence-electron chi connectivity index (χ4n) is 2.69. The smallest absolute Gasteiger partial charge is 0.213 e. The first kappa shape index (κ1) is 16.4. The normalized spacial score (nSPS) is 20.5. The predicted octanol–water partition coefficient (Wildman–Crippen LogP) is 0.790. The van der Waals surface area contributed by atoms with E-state index in [1.165, 1.54) is 5.56 Å². The van der Waals surface area contributed by atoms with Crippen LogP contribution in [0.2, 0.25) is 0 Å². The lowest BCUT2D eigenvalue weighted by atomic mass is 10.1. The third-order valence-electron chi connectivity index (χ3n) is 3.72. The van der Waals surface area contributed by atoms with Gasteiger partial charge in [0.05, 0.1) is 5.75 Å². The Hall–Kier alpha value is -0.950. The zero-order valence-corrected chi connectivity index (χ0v) is 13.4. The lowest BCUT2D eigenvalue weighted by Crippen LogP contribution is -2.48. The summed E-state index contributed by atoms with van der Waals surface area (Å²) in [6.45, 7) is 3.18. The molecule has 1 aliphatic rings. The van der Waals surface area contributed by atoms with Gasteiger partial charge in [-0.05, 0) is 32.0 Å². The molecule has 1 aromatic rings. The van der Waals surface area contributed by atoms with Crippen LogP contribution in [0.25, 0.3) is 0 Å². The van der Waals surface area contributed by atoms with Crippen LogP contribution in [0, 0.1) is 0 Å². The van der Waals surface area contributed by atoms with E-state index in [1.54, 1.807) is 7.05 Å². The van der Waals surface area contributed by atoms with Crippen LogP contribution in [0.1, 0.15) is 18.4 Å². The Labute approximate surface area is 127 Å². The minimum absolute atomic E-state index is 0.0318. The third kappa shape index (κ3) is 5.74. The molecule has 0 saturated carbocycles. The number of rotatable bonds is 7. The van der Waals surface area contributed by atoms with Crippen LogP contribution in [-0.2, 0) is 16.6 Å². The number of piperidine rings is 1. The summed E-state index contributed by atoms with van der Waals surface area (Å²) in [5, 5.41) is 2.87. The van der Waals surface area contributed by atoms with Crippen molar-refractivity contribution in [2.75, 3.05) is 32.4 Å². The van der Waals surface area contributed by atoms with Crippen molar-refractivity contribution in [3.8, 4) is 0 Å². The molecule has 1 atom stereocenters. The van der Waals surface area contributed by atoms with Gasteiger partial charge in [0.25, 0.3) is 0 Å². The number of nitrogens with zero attached hydrogens (tertiary/aromatic N) is 1. The van der Waals surface area contributed by atoms with Gasteiger partial charge in [-0.15, -0.1) is 0 Å². The van der Waals surface area contributed by atoms with E-state index in [-0.39, 0.29) is 11.8 Å². The van der Waals surface area contributed by atoms with Gasteiger partial charge in [0.1, 0.15) is 0 Å². The average molecular weight is 311 g/mol. The average Bonchev–Trinajstić information content (AvgIpc) is 2.46. The van der Waals surface area contributed by atoms with E-state index in [2.05, 4.69) is 27.1 Å². The molecule has 0 aliphatic carbocycles. The lowest BCUT2D eigenvalue weighted by Gasteiger charge is -2.33. The van der Waals surface area contributed by atoms with Crippen molar-refractivity contribution in [1.82, 2.24) is 14.9 Å². The van der Waals surface area contributed by atoms with Crippen molar-refractivity contribution in [3.05, 3.63) is 35.9 Å². The second-order valence-electron chi connectivity index (χ2n) is 5.60. The molecule has 1 aromatic carbocycles. The number of hydrogen-bond donors (Lipinski definition) is 2. The van der Waals surface area contributed by atoms with Gasteiger partial charge in [0, 0.05) is 25.7 Å². The zero-order chi connectivity index (χ0) is 15.1. The van der Waals surface area contributed by atoms with E-state index in [0.29, 0.717) is 6.54 Å². The summed E-state index contributed by atoms with van der Waals surface area (Å²) in [4.78, 5) is 2.32. The number of benzene rings is 1. The van der Waals surface area contributed by atoms with Crippen molar-refractivity contribution >= 4 is 10.0 Å². The Morgan fingerprint density at radius 3 is 2.76 bits per heavy atom. The summed E-state index contributed by atoms with van der Waals surface area (Å²) in [6, 6.07) is 10.3. The summed E-state index contributed by atoms with van der Waals surface area (Å²) in [5.41, 5.74) is 1.27. The van der Waals surface area contributed by atoms with E-state index in [4.69, 9.17) is 0 Å². The molecule has 0 bridgehead atoms. The lowest BCUT2D eigenvalue weighted by molar-refractivity contribution is 0.194. The molecule has 1 unspecified atom stereocenters. The Balaban J connectivity index is 1.86. The topological polar surface area (TPSA) is 61.4 Å². The molecule has 0 aromatic heterocycles. The summed E-state index contributed by atoms with van der Waals surface area (Å²) >= 11 is 0. The van der Waals surface area contributed by atoms with E-state index in [0.717, 1.165) is 32.5 Å². The van der Waals surface area contributed by atoms with Crippen molar-refractivity contribution in [2.24, 2.45) is 0 Å². The van der Waals surface area contributed by atoms with E-state index < -0.39 is 10.0 Å². The summed E-state index contributed by atoms with van der Waals surface area (Å²) in [7, 11) is -1.42. The van der Waals surface area contributed by atoms with E-state index in [1.807, 2.05) is 18.2 Å². The molecule has 1 aliphatic heterocycles. The number of hydrogen-bond acceptors (Lipinski definition) is 4. The molecule has 1 heterocycles. The van der Waals surface area contributed by atoms with Gasteiger partial charge in [0.2, 0.25) is 10.0 Å². The molecule has 21 heavy (non-hydrogen) atoms. The van der Waals surface area contributed by atoms with Gasteiger partial charge in [-0.2, -0.15) is 0 Å². The van der Waals surface area contributed by atoms with Crippen molar-refractivity contribution in [3.63, 3.8) is 0 Å². The summed E-state index contributed by atoms with van der Waals surface area (Å²) in [6.07, 6.45) is 1.95. The molecule has 2 rings (SSSR count). The van der Waals surface area contributed by atoms with Crippen LogP contribution in [0.5, 0.6) is 0 Å². The maximum absolute atomic E-state index is 12.0. The van der Waals surface area contributed by atoms with Crippen LogP contribution in [0.4, 0.5) is 0 Å². The maximum atomic E-state index is 12.0. The first-order valence-corrected chi connectivity index (χ1v) is 9.15. The first-order chi connectivity index (χ1) is 10.1. The standard InChI is InChI=1S/C15H25N3O2S/c1-16-9-11-21(19,20)17-15-8-5-10-18(13-15)12-14-6-3-2-4-7-14/h2-4,6-7,15-17H,5,8-13H2,1H3. The van der Waals surface area contributed by atoms with Gasteiger partial charge < -0.3 is 5.32 Å². The molecule has 1 fully saturated rings. The fourth-order valence-corrected chi connectivity index (χ4v) is 3.98. The number of nitrogens with one attached hydrogen (secondary N) is 2. The van der Waals surface area contributed by atoms with E-state index in [9.17, 15) is 8.42 Å². The maximum Gasteiger partial charge on any atom is 0.213 e. The molecule has 0 spiro atoms. The van der Waals surface area contributed by atoms with Gasteiger partial charge in [0.15, 0.2) is 0 Å². The molecule has 0 amide bonds. The third-order valence-corrected chi connectivity index (χ3v) is 5.16. The first-order valence-electron chi connectivity index (χ1n) is 7.50. The zero-order valence-electron chi connectivity index (χ0n) is 12.6. The highest BCUT2D eigenvalue weighted by atomic mass is 32.2. The van der Waals surface area contributed by atoms with Crippen molar-refractivity contribution in [2.45, 2.75) is 25.4 Å². The molecule has 1 saturated heterocycles. The Kier molecular flexibility index (Phi) is 6.17. The molecular weight excluding hydrogens is 286 g/mol. The summed E-state index contributed by atoms with van der Waals surface area (Å²) < 4.78 is 26.7.